The molecule has 1 aliphatic carbocycles. The standard InChI is InChI=1S/C25H26N4O/c30-25(27-16-17-7-6-12-20(15-17)18-8-2-1-3-9-18)23-22-21(13-14-26-23)28-24(29-22)19-10-4-5-11-19/h1-3,6-9,12-15,19,23,26H,4-5,10-11,16H2,(H,27,30)(H,28,29). The lowest BCUT2D eigenvalue weighted by molar-refractivity contribution is -0.123. The van der Waals surface area contributed by atoms with Gasteiger partial charge in [0.25, 0.3) is 0 Å². The molecule has 0 radical (unpaired) electrons. The Hall–Kier alpha value is -3.34. The summed E-state index contributed by atoms with van der Waals surface area (Å²) in [6.07, 6.45) is 8.64. The maximum atomic E-state index is 13.0. The first-order chi connectivity index (χ1) is 14.8. The Morgan fingerprint density at radius 3 is 2.67 bits per heavy atom. The number of hydrogen-bond donors (Lipinski definition) is 3. The fourth-order valence-electron chi connectivity index (χ4n) is 4.46. The highest BCUT2D eigenvalue weighted by Gasteiger charge is 2.29. The zero-order valence-electron chi connectivity index (χ0n) is 16.9. The SMILES string of the molecule is O=C(NCc1cccc(-c2ccccc2)c1)C1NC=Cc2nc(C3CCCC3)[nH]c21. The van der Waals surface area contributed by atoms with E-state index in [1.54, 1.807) is 0 Å². The quantitative estimate of drug-likeness (QED) is 0.585. The van der Waals surface area contributed by atoms with E-state index in [2.05, 4.69) is 39.9 Å². The van der Waals surface area contributed by atoms with Crippen molar-refractivity contribution in [1.29, 1.82) is 0 Å². The summed E-state index contributed by atoms with van der Waals surface area (Å²) in [5.41, 5.74) is 5.15. The van der Waals surface area contributed by atoms with Crippen molar-refractivity contribution in [3.63, 3.8) is 0 Å². The summed E-state index contributed by atoms with van der Waals surface area (Å²) < 4.78 is 0. The number of nitrogens with zero attached hydrogens (tertiary/aromatic N) is 1. The molecule has 5 heteroatoms. The summed E-state index contributed by atoms with van der Waals surface area (Å²) in [6.45, 7) is 0.486. The maximum Gasteiger partial charge on any atom is 0.249 e. The average Bonchev–Trinajstić information content (AvgIpc) is 3.48. The van der Waals surface area contributed by atoms with Gasteiger partial charge in [0, 0.05) is 12.5 Å². The Balaban J connectivity index is 1.28. The van der Waals surface area contributed by atoms with Crippen molar-refractivity contribution < 1.29 is 4.79 Å². The third-order valence-electron chi connectivity index (χ3n) is 6.08. The first-order valence-electron chi connectivity index (χ1n) is 10.7. The van der Waals surface area contributed by atoms with E-state index in [1.165, 1.54) is 31.2 Å². The monoisotopic (exact) mass is 398 g/mol. The van der Waals surface area contributed by atoms with E-state index in [1.807, 2.05) is 42.6 Å². The summed E-state index contributed by atoms with van der Waals surface area (Å²) in [7, 11) is 0. The number of fused-ring (bicyclic) bond motifs is 1. The van der Waals surface area contributed by atoms with Crippen molar-refractivity contribution in [3.8, 4) is 11.1 Å². The van der Waals surface area contributed by atoms with Gasteiger partial charge in [-0.3, -0.25) is 4.79 Å². The van der Waals surface area contributed by atoms with Crippen molar-refractivity contribution >= 4 is 12.0 Å². The van der Waals surface area contributed by atoms with Gasteiger partial charge in [-0.25, -0.2) is 4.98 Å². The molecule has 152 valence electrons. The van der Waals surface area contributed by atoms with E-state index in [4.69, 9.17) is 4.98 Å². The van der Waals surface area contributed by atoms with Crippen LogP contribution in [0.3, 0.4) is 0 Å². The number of rotatable bonds is 5. The van der Waals surface area contributed by atoms with Crippen molar-refractivity contribution in [3.05, 3.63) is 83.6 Å². The predicted octanol–water partition coefficient (Wildman–Crippen LogP) is 4.67. The maximum absolute atomic E-state index is 13.0. The lowest BCUT2D eigenvalue weighted by atomic mass is 10.0. The van der Waals surface area contributed by atoms with Crippen LogP contribution in [0.25, 0.3) is 17.2 Å². The molecule has 3 aromatic rings. The lowest BCUT2D eigenvalue weighted by Gasteiger charge is -2.19. The van der Waals surface area contributed by atoms with Crippen molar-refractivity contribution in [2.24, 2.45) is 0 Å². The number of aromatic nitrogens is 2. The van der Waals surface area contributed by atoms with Gasteiger partial charge in [-0.05, 0) is 47.9 Å². The van der Waals surface area contributed by atoms with E-state index < -0.39 is 6.04 Å². The molecular weight excluding hydrogens is 372 g/mol. The number of nitrogens with one attached hydrogen (secondary N) is 3. The van der Waals surface area contributed by atoms with Gasteiger partial charge in [-0.1, -0.05) is 61.4 Å². The Kier molecular flexibility index (Phi) is 5.10. The molecule has 30 heavy (non-hydrogen) atoms. The number of hydrogen-bond acceptors (Lipinski definition) is 3. The Labute approximate surface area is 176 Å². The summed E-state index contributed by atoms with van der Waals surface area (Å²) in [6, 6.07) is 18.1. The van der Waals surface area contributed by atoms with Crippen LogP contribution < -0.4 is 10.6 Å². The van der Waals surface area contributed by atoms with Crippen molar-refractivity contribution in [2.45, 2.75) is 44.2 Å². The van der Waals surface area contributed by atoms with Gasteiger partial charge in [0.05, 0.1) is 11.4 Å². The fourth-order valence-corrected chi connectivity index (χ4v) is 4.46. The zero-order chi connectivity index (χ0) is 20.3. The molecule has 0 saturated heterocycles. The van der Waals surface area contributed by atoms with Gasteiger partial charge in [-0.15, -0.1) is 0 Å². The average molecular weight is 399 g/mol. The minimum atomic E-state index is -0.440. The van der Waals surface area contributed by atoms with Crippen LogP contribution >= 0.6 is 0 Å². The molecule has 1 amide bonds. The smallest absolute Gasteiger partial charge is 0.249 e. The normalized spacial score (nSPS) is 18.1. The third-order valence-corrected chi connectivity index (χ3v) is 6.08. The molecule has 0 spiro atoms. The highest BCUT2D eigenvalue weighted by atomic mass is 16.2. The highest BCUT2D eigenvalue weighted by Crippen LogP contribution is 2.34. The molecule has 5 rings (SSSR count). The molecule has 5 nitrogen and oxygen atoms in total. The van der Waals surface area contributed by atoms with Gasteiger partial charge < -0.3 is 15.6 Å². The van der Waals surface area contributed by atoms with Gasteiger partial charge in [-0.2, -0.15) is 0 Å². The number of carbonyl (C=O) groups is 1. The van der Waals surface area contributed by atoms with Crippen LogP contribution in [-0.4, -0.2) is 15.9 Å². The molecule has 1 fully saturated rings. The van der Waals surface area contributed by atoms with E-state index in [0.29, 0.717) is 12.5 Å². The summed E-state index contributed by atoms with van der Waals surface area (Å²) in [4.78, 5) is 21.2. The first-order valence-corrected chi connectivity index (χ1v) is 10.7. The summed E-state index contributed by atoms with van der Waals surface area (Å²) in [5, 5.41) is 6.27. The van der Waals surface area contributed by atoms with Crippen LogP contribution in [0.2, 0.25) is 0 Å². The molecule has 2 heterocycles. The second-order valence-electron chi connectivity index (χ2n) is 8.12. The predicted molar refractivity (Wildman–Crippen MR) is 118 cm³/mol. The van der Waals surface area contributed by atoms with Gasteiger partial charge in [0.2, 0.25) is 5.91 Å². The Bertz CT molecular complexity index is 1060. The number of H-pyrrole nitrogens is 1. The summed E-state index contributed by atoms with van der Waals surface area (Å²) in [5.74, 6) is 1.47. The molecule has 2 aromatic carbocycles. The van der Waals surface area contributed by atoms with E-state index >= 15 is 0 Å². The number of carbonyl (C=O) groups excluding carboxylic acids is 1. The van der Waals surface area contributed by atoms with Crippen LogP contribution in [-0.2, 0) is 11.3 Å². The number of amides is 1. The minimum absolute atomic E-state index is 0.0488. The second kappa shape index (κ2) is 8.19. The lowest BCUT2D eigenvalue weighted by Crippen LogP contribution is -2.37. The first kappa shape index (κ1) is 18.7. The van der Waals surface area contributed by atoms with Crippen LogP contribution in [0.1, 0.15) is 60.4 Å². The number of aromatic amines is 1. The summed E-state index contributed by atoms with van der Waals surface area (Å²) >= 11 is 0. The van der Waals surface area contributed by atoms with Crippen molar-refractivity contribution in [2.75, 3.05) is 0 Å². The second-order valence-corrected chi connectivity index (χ2v) is 8.12. The van der Waals surface area contributed by atoms with E-state index in [0.717, 1.165) is 28.3 Å². The van der Waals surface area contributed by atoms with Crippen LogP contribution in [0, 0.1) is 0 Å². The highest BCUT2D eigenvalue weighted by molar-refractivity contribution is 5.84. The largest absolute Gasteiger partial charge is 0.375 e. The number of benzene rings is 2. The molecule has 1 unspecified atom stereocenters. The fraction of sp³-hybridized carbons (Fsp3) is 0.280. The molecule has 0 bridgehead atoms. The van der Waals surface area contributed by atoms with Crippen LogP contribution in [0.5, 0.6) is 0 Å². The zero-order valence-corrected chi connectivity index (χ0v) is 16.9. The Morgan fingerprint density at radius 1 is 1.03 bits per heavy atom. The molecule has 1 aliphatic heterocycles. The number of imidazole rings is 1. The van der Waals surface area contributed by atoms with E-state index in [-0.39, 0.29) is 5.91 Å². The molecule has 1 aromatic heterocycles. The minimum Gasteiger partial charge on any atom is -0.375 e. The molecule has 1 atom stereocenters. The van der Waals surface area contributed by atoms with E-state index in [9.17, 15) is 4.79 Å². The Morgan fingerprint density at radius 2 is 1.83 bits per heavy atom. The molecular formula is C25H26N4O. The van der Waals surface area contributed by atoms with Gasteiger partial charge >= 0.3 is 0 Å². The third kappa shape index (κ3) is 3.75. The van der Waals surface area contributed by atoms with Crippen molar-refractivity contribution in [1.82, 2.24) is 20.6 Å². The van der Waals surface area contributed by atoms with Crippen LogP contribution in [0.15, 0.2) is 60.8 Å². The van der Waals surface area contributed by atoms with Gasteiger partial charge in [0.15, 0.2) is 0 Å². The topological polar surface area (TPSA) is 69.8 Å². The van der Waals surface area contributed by atoms with Crippen LogP contribution in [0.4, 0.5) is 0 Å². The molecule has 1 saturated carbocycles. The van der Waals surface area contributed by atoms with Gasteiger partial charge in [0.1, 0.15) is 11.9 Å². The molecule has 2 aliphatic rings. The molecule has 3 N–H and O–H groups in total.